The normalized spacial score (nSPS) is 25.2. The fourth-order valence-corrected chi connectivity index (χ4v) is 2.49. The number of hydrogen-bond donors (Lipinski definition) is 1. The molecule has 2 heteroatoms. The first-order valence-corrected chi connectivity index (χ1v) is 6.84. The summed E-state index contributed by atoms with van der Waals surface area (Å²) >= 11 is 0. The second-order valence-electron chi connectivity index (χ2n) is 4.98. The molecular formula is C14H28N2. The van der Waals surface area contributed by atoms with Crippen molar-refractivity contribution in [3.05, 3.63) is 12.7 Å². The highest BCUT2D eigenvalue weighted by atomic mass is 15.1. The van der Waals surface area contributed by atoms with Crippen LogP contribution in [-0.2, 0) is 0 Å². The maximum Gasteiger partial charge on any atom is 0.0105 e. The highest BCUT2D eigenvalue weighted by Crippen LogP contribution is 2.17. The monoisotopic (exact) mass is 224 g/mol. The van der Waals surface area contributed by atoms with Gasteiger partial charge in [-0.15, -0.1) is 6.58 Å². The van der Waals surface area contributed by atoms with Crippen molar-refractivity contribution >= 4 is 0 Å². The van der Waals surface area contributed by atoms with Crippen molar-refractivity contribution in [1.29, 1.82) is 0 Å². The molecule has 1 saturated heterocycles. The van der Waals surface area contributed by atoms with Crippen molar-refractivity contribution in [2.24, 2.45) is 5.92 Å². The Morgan fingerprint density at radius 2 is 2.25 bits per heavy atom. The third kappa shape index (κ3) is 4.67. The van der Waals surface area contributed by atoms with E-state index in [0.29, 0.717) is 0 Å². The van der Waals surface area contributed by atoms with Crippen LogP contribution in [-0.4, -0.2) is 37.1 Å². The Morgan fingerprint density at radius 3 is 2.81 bits per heavy atom. The standard InChI is InChI=1S/C14H28N2/c1-4-6-7-11-16(5-2)12-9-14-13(3)8-10-15-14/h4,13-15H,1,5-12H2,2-3H3. The van der Waals surface area contributed by atoms with E-state index in [9.17, 15) is 0 Å². The van der Waals surface area contributed by atoms with Crippen LogP contribution in [0.15, 0.2) is 12.7 Å². The Hall–Kier alpha value is -0.340. The van der Waals surface area contributed by atoms with Gasteiger partial charge < -0.3 is 10.2 Å². The van der Waals surface area contributed by atoms with Gasteiger partial charge in [0.05, 0.1) is 0 Å². The first-order valence-electron chi connectivity index (χ1n) is 6.84. The van der Waals surface area contributed by atoms with Crippen molar-refractivity contribution in [3.8, 4) is 0 Å². The average Bonchev–Trinajstić information content (AvgIpc) is 2.69. The van der Waals surface area contributed by atoms with E-state index in [-0.39, 0.29) is 0 Å². The van der Waals surface area contributed by atoms with E-state index in [4.69, 9.17) is 0 Å². The van der Waals surface area contributed by atoms with Gasteiger partial charge in [0.1, 0.15) is 0 Å². The van der Waals surface area contributed by atoms with Crippen molar-refractivity contribution < 1.29 is 0 Å². The van der Waals surface area contributed by atoms with Gasteiger partial charge in [0.15, 0.2) is 0 Å². The molecule has 0 aliphatic carbocycles. The Bertz CT molecular complexity index is 191. The minimum absolute atomic E-state index is 0.758. The molecule has 1 fully saturated rings. The molecule has 0 saturated carbocycles. The van der Waals surface area contributed by atoms with Crippen molar-refractivity contribution in [3.63, 3.8) is 0 Å². The second-order valence-corrected chi connectivity index (χ2v) is 4.98. The highest BCUT2D eigenvalue weighted by Gasteiger charge is 2.22. The summed E-state index contributed by atoms with van der Waals surface area (Å²) in [5, 5.41) is 3.61. The third-order valence-electron chi connectivity index (χ3n) is 3.78. The SMILES string of the molecule is C=CCCCN(CC)CCC1NCCC1C. The molecule has 0 spiro atoms. The van der Waals surface area contributed by atoms with Crippen molar-refractivity contribution in [1.82, 2.24) is 10.2 Å². The molecule has 1 aliphatic heterocycles. The van der Waals surface area contributed by atoms with Crippen molar-refractivity contribution in [2.45, 2.75) is 45.6 Å². The smallest absolute Gasteiger partial charge is 0.0105 e. The molecule has 2 unspecified atom stereocenters. The summed E-state index contributed by atoms with van der Waals surface area (Å²) in [4.78, 5) is 2.57. The lowest BCUT2D eigenvalue weighted by Gasteiger charge is -2.23. The second kappa shape index (κ2) is 7.86. The summed E-state index contributed by atoms with van der Waals surface area (Å²) in [5.41, 5.74) is 0. The predicted octanol–water partition coefficient (Wildman–Crippen LogP) is 2.66. The zero-order valence-electron chi connectivity index (χ0n) is 11.0. The molecule has 1 N–H and O–H groups in total. The maximum absolute atomic E-state index is 3.77. The summed E-state index contributed by atoms with van der Waals surface area (Å²) in [7, 11) is 0. The van der Waals surface area contributed by atoms with E-state index in [2.05, 4.69) is 30.6 Å². The molecule has 0 amide bonds. The molecule has 0 radical (unpaired) electrons. The highest BCUT2D eigenvalue weighted by molar-refractivity contribution is 4.81. The molecule has 2 nitrogen and oxygen atoms in total. The number of hydrogen-bond acceptors (Lipinski definition) is 2. The minimum atomic E-state index is 0.758. The Balaban J connectivity index is 2.14. The number of nitrogens with zero attached hydrogens (tertiary/aromatic N) is 1. The van der Waals surface area contributed by atoms with Crippen LogP contribution >= 0.6 is 0 Å². The summed E-state index contributed by atoms with van der Waals surface area (Å²) in [6.45, 7) is 13.3. The van der Waals surface area contributed by atoms with Gasteiger partial charge in [-0.3, -0.25) is 0 Å². The zero-order valence-corrected chi connectivity index (χ0v) is 11.0. The van der Waals surface area contributed by atoms with Crippen LogP contribution in [0.2, 0.25) is 0 Å². The van der Waals surface area contributed by atoms with E-state index in [1.807, 2.05) is 6.08 Å². The quantitative estimate of drug-likeness (QED) is 0.504. The van der Waals surface area contributed by atoms with Gasteiger partial charge in [-0.1, -0.05) is 19.9 Å². The number of unbranched alkanes of at least 4 members (excludes halogenated alkanes) is 1. The number of rotatable bonds is 8. The van der Waals surface area contributed by atoms with Gasteiger partial charge in [0.2, 0.25) is 0 Å². The third-order valence-corrected chi connectivity index (χ3v) is 3.78. The average molecular weight is 224 g/mol. The molecule has 0 aromatic heterocycles. The van der Waals surface area contributed by atoms with Crippen molar-refractivity contribution in [2.75, 3.05) is 26.2 Å². The summed E-state index contributed by atoms with van der Waals surface area (Å²) in [6, 6.07) is 0.758. The molecular weight excluding hydrogens is 196 g/mol. The van der Waals surface area contributed by atoms with Crippen LogP contribution in [0, 0.1) is 5.92 Å². The molecule has 1 rings (SSSR count). The van der Waals surface area contributed by atoms with Gasteiger partial charge in [0, 0.05) is 6.04 Å². The van der Waals surface area contributed by atoms with Gasteiger partial charge >= 0.3 is 0 Å². The van der Waals surface area contributed by atoms with Crippen LogP contribution in [0.4, 0.5) is 0 Å². The minimum Gasteiger partial charge on any atom is -0.314 e. The van der Waals surface area contributed by atoms with E-state index in [0.717, 1.165) is 18.4 Å². The first-order chi connectivity index (χ1) is 7.77. The molecule has 1 aliphatic rings. The molecule has 0 aromatic carbocycles. The fourth-order valence-electron chi connectivity index (χ4n) is 2.49. The summed E-state index contributed by atoms with van der Waals surface area (Å²) in [5.74, 6) is 0.867. The lowest BCUT2D eigenvalue weighted by atomic mass is 10.0. The number of nitrogens with one attached hydrogen (secondary N) is 1. The zero-order chi connectivity index (χ0) is 11.8. The molecule has 94 valence electrons. The topological polar surface area (TPSA) is 15.3 Å². The lowest BCUT2D eigenvalue weighted by Crippen LogP contribution is -2.33. The predicted molar refractivity (Wildman–Crippen MR) is 71.7 cm³/mol. The van der Waals surface area contributed by atoms with E-state index >= 15 is 0 Å². The molecule has 0 aromatic rings. The molecule has 2 atom stereocenters. The van der Waals surface area contributed by atoms with Crippen LogP contribution in [0.3, 0.4) is 0 Å². The van der Waals surface area contributed by atoms with Gasteiger partial charge in [-0.05, 0) is 57.8 Å². The molecule has 1 heterocycles. The van der Waals surface area contributed by atoms with Crippen LogP contribution < -0.4 is 5.32 Å². The Labute approximate surface area is 101 Å². The van der Waals surface area contributed by atoms with Crippen LogP contribution in [0.1, 0.15) is 39.5 Å². The summed E-state index contributed by atoms with van der Waals surface area (Å²) < 4.78 is 0. The lowest BCUT2D eigenvalue weighted by molar-refractivity contribution is 0.261. The van der Waals surface area contributed by atoms with Gasteiger partial charge in [-0.25, -0.2) is 0 Å². The van der Waals surface area contributed by atoms with E-state index in [1.54, 1.807) is 0 Å². The summed E-state index contributed by atoms with van der Waals surface area (Å²) in [6.07, 6.45) is 7.09. The molecule has 16 heavy (non-hydrogen) atoms. The molecule has 0 bridgehead atoms. The van der Waals surface area contributed by atoms with E-state index < -0.39 is 0 Å². The largest absolute Gasteiger partial charge is 0.314 e. The van der Waals surface area contributed by atoms with E-state index in [1.165, 1.54) is 45.4 Å². The van der Waals surface area contributed by atoms with Crippen LogP contribution in [0.25, 0.3) is 0 Å². The van der Waals surface area contributed by atoms with Crippen LogP contribution in [0.5, 0.6) is 0 Å². The Morgan fingerprint density at radius 1 is 1.44 bits per heavy atom. The maximum atomic E-state index is 3.77. The fraction of sp³-hybridized carbons (Fsp3) is 0.857. The van der Waals surface area contributed by atoms with Gasteiger partial charge in [-0.2, -0.15) is 0 Å². The Kier molecular flexibility index (Phi) is 6.74. The van der Waals surface area contributed by atoms with Gasteiger partial charge in [0.25, 0.3) is 0 Å². The number of allylic oxidation sites excluding steroid dienone is 1. The first kappa shape index (κ1) is 13.7.